The highest BCUT2D eigenvalue weighted by atomic mass is 35.5. The lowest BCUT2D eigenvalue weighted by molar-refractivity contribution is -0.136. The van der Waals surface area contributed by atoms with Crippen molar-refractivity contribution in [2.24, 2.45) is 0 Å². The summed E-state index contributed by atoms with van der Waals surface area (Å²) in [5.74, 6) is -0.304. The molecule has 0 spiro atoms. The third kappa shape index (κ3) is 3.53. The Labute approximate surface area is 168 Å². The maximum Gasteiger partial charge on any atom is 0.340 e. The molecule has 28 heavy (non-hydrogen) atoms. The number of halogens is 1. The third-order valence-corrected chi connectivity index (χ3v) is 4.72. The summed E-state index contributed by atoms with van der Waals surface area (Å²) < 4.78 is 10.6. The molecule has 2 aromatic carbocycles. The molecule has 0 aliphatic carbocycles. The Bertz CT molecular complexity index is 994. The van der Waals surface area contributed by atoms with E-state index in [4.69, 9.17) is 21.1 Å². The van der Waals surface area contributed by atoms with E-state index in [9.17, 15) is 9.59 Å². The van der Waals surface area contributed by atoms with Gasteiger partial charge in [0.15, 0.2) is 0 Å². The molecule has 0 N–H and O–H groups in total. The zero-order valence-corrected chi connectivity index (χ0v) is 16.6. The van der Waals surface area contributed by atoms with Gasteiger partial charge in [0.25, 0.3) is 5.91 Å². The molecular formula is C22H20ClNO4. The minimum Gasteiger partial charge on any atom is -0.493 e. The largest absolute Gasteiger partial charge is 0.493 e. The summed E-state index contributed by atoms with van der Waals surface area (Å²) in [7, 11) is 1.29. The van der Waals surface area contributed by atoms with Crippen LogP contribution >= 0.6 is 11.6 Å². The normalized spacial score (nSPS) is 15.4. The average molecular weight is 398 g/mol. The average Bonchev–Trinajstić information content (AvgIpc) is 2.93. The molecule has 0 bridgehead atoms. The van der Waals surface area contributed by atoms with Gasteiger partial charge in [-0.05, 0) is 38.1 Å². The van der Waals surface area contributed by atoms with Crippen LogP contribution in [0.3, 0.4) is 0 Å². The minimum absolute atomic E-state index is 0.207. The lowest BCUT2D eigenvalue weighted by Crippen LogP contribution is -2.24. The Kier molecular flexibility index (Phi) is 5.85. The predicted octanol–water partition coefficient (Wildman–Crippen LogP) is 4.62. The molecule has 1 heterocycles. The number of hydrogen-bond acceptors (Lipinski definition) is 4. The van der Waals surface area contributed by atoms with Gasteiger partial charge in [0, 0.05) is 11.3 Å². The number of allylic oxidation sites excluding steroid dienone is 1. The molecule has 3 rings (SSSR count). The smallest absolute Gasteiger partial charge is 0.340 e. The Morgan fingerprint density at radius 2 is 1.82 bits per heavy atom. The van der Waals surface area contributed by atoms with Crippen LogP contribution in [0, 0.1) is 0 Å². The fourth-order valence-corrected chi connectivity index (χ4v) is 3.37. The highest BCUT2D eigenvalue weighted by Gasteiger charge is 2.38. The van der Waals surface area contributed by atoms with E-state index in [0.29, 0.717) is 34.3 Å². The summed E-state index contributed by atoms with van der Waals surface area (Å²) in [6, 6.07) is 14.3. The summed E-state index contributed by atoms with van der Waals surface area (Å²) in [6.07, 6.45) is 1.65. The molecule has 6 heteroatoms. The predicted molar refractivity (Wildman–Crippen MR) is 109 cm³/mol. The van der Waals surface area contributed by atoms with Crippen LogP contribution in [-0.2, 0) is 14.3 Å². The summed E-state index contributed by atoms with van der Waals surface area (Å²) in [5.41, 5.74) is 2.11. The van der Waals surface area contributed by atoms with Gasteiger partial charge in [0.05, 0.1) is 35.6 Å². The first-order chi connectivity index (χ1) is 13.5. The van der Waals surface area contributed by atoms with E-state index in [1.54, 1.807) is 37.3 Å². The maximum absolute atomic E-state index is 13.3. The van der Waals surface area contributed by atoms with Crippen molar-refractivity contribution in [3.8, 4) is 5.75 Å². The molecule has 1 aliphatic rings. The number of hydrogen-bond donors (Lipinski definition) is 0. The molecule has 0 saturated heterocycles. The van der Waals surface area contributed by atoms with E-state index in [-0.39, 0.29) is 17.1 Å². The van der Waals surface area contributed by atoms with Crippen LogP contribution in [0.2, 0.25) is 5.02 Å². The second-order valence-corrected chi connectivity index (χ2v) is 6.48. The van der Waals surface area contributed by atoms with Crippen LogP contribution in [-0.4, -0.2) is 25.6 Å². The lowest BCUT2D eigenvalue weighted by atomic mass is 10.0. The van der Waals surface area contributed by atoms with Crippen molar-refractivity contribution < 1.29 is 19.1 Å². The van der Waals surface area contributed by atoms with E-state index in [0.717, 1.165) is 0 Å². The molecule has 144 valence electrons. The van der Waals surface area contributed by atoms with Crippen molar-refractivity contribution in [2.45, 2.75) is 13.8 Å². The molecule has 0 radical (unpaired) electrons. The van der Waals surface area contributed by atoms with Gasteiger partial charge in [-0.15, -0.1) is 0 Å². The third-order valence-electron chi connectivity index (χ3n) is 4.40. The van der Waals surface area contributed by atoms with E-state index >= 15 is 0 Å². The fourth-order valence-electron chi connectivity index (χ4n) is 3.15. The second kappa shape index (κ2) is 8.31. The molecule has 1 amide bonds. The molecule has 1 aliphatic heterocycles. The quantitative estimate of drug-likeness (QED) is 0.545. The van der Waals surface area contributed by atoms with E-state index < -0.39 is 5.97 Å². The summed E-state index contributed by atoms with van der Waals surface area (Å²) in [4.78, 5) is 27.2. The molecule has 0 fully saturated rings. The highest BCUT2D eigenvalue weighted by Crippen LogP contribution is 2.39. The topological polar surface area (TPSA) is 55.8 Å². The number of esters is 1. The molecular weight excluding hydrogens is 378 g/mol. The molecule has 2 aromatic rings. The Hall–Kier alpha value is -3.05. The zero-order chi connectivity index (χ0) is 20.3. The molecule has 0 unspecified atom stereocenters. The molecule has 5 nitrogen and oxygen atoms in total. The first-order valence-corrected chi connectivity index (χ1v) is 9.19. The number of carbonyl (C=O) groups is 2. The summed E-state index contributed by atoms with van der Waals surface area (Å²) >= 11 is 6.30. The van der Waals surface area contributed by atoms with Crippen molar-refractivity contribution in [3.63, 3.8) is 0 Å². The summed E-state index contributed by atoms with van der Waals surface area (Å²) in [6.45, 7) is 4.06. The lowest BCUT2D eigenvalue weighted by Gasteiger charge is -2.19. The maximum atomic E-state index is 13.3. The standard InChI is InChI=1S/C22H20ClNO4/c1-4-28-19-12-8-5-9-15(19)13-16-20(22(26)27-3)14(2)24(21(16)25)18-11-7-6-10-17(18)23/h5-13H,4H2,1-3H3/b16-13-. The number of rotatable bonds is 5. The van der Waals surface area contributed by atoms with Gasteiger partial charge in [0.2, 0.25) is 0 Å². The number of nitrogens with zero attached hydrogens (tertiary/aromatic N) is 1. The second-order valence-electron chi connectivity index (χ2n) is 6.07. The molecule has 0 atom stereocenters. The Morgan fingerprint density at radius 1 is 1.14 bits per heavy atom. The van der Waals surface area contributed by atoms with E-state index in [1.807, 2.05) is 31.2 Å². The van der Waals surface area contributed by atoms with E-state index in [1.165, 1.54) is 12.0 Å². The minimum atomic E-state index is -0.583. The van der Waals surface area contributed by atoms with Gasteiger partial charge in [-0.25, -0.2) is 4.79 Å². The molecule has 0 saturated carbocycles. The van der Waals surface area contributed by atoms with Gasteiger partial charge < -0.3 is 9.47 Å². The van der Waals surface area contributed by atoms with Gasteiger partial charge in [-0.2, -0.15) is 0 Å². The van der Waals surface area contributed by atoms with Gasteiger partial charge in [0.1, 0.15) is 5.75 Å². The number of methoxy groups -OCH3 is 1. The highest BCUT2D eigenvalue weighted by molar-refractivity contribution is 6.35. The Morgan fingerprint density at radius 3 is 2.50 bits per heavy atom. The van der Waals surface area contributed by atoms with Crippen LogP contribution in [0.25, 0.3) is 6.08 Å². The monoisotopic (exact) mass is 397 g/mol. The van der Waals surface area contributed by atoms with Crippen molar-refractivity contribution in [2.75, 3.05) is 18.6 Å². The number of anilines is 1. The summed E-state index contributed by atoms with van der Waals surface area (Å²) in [5, 5.41) is 0.412. The first kappa shape index (κ1) is 19.7. The number of ether oxygens (including phenoxy) is 2. The van der Waals surface area contributed by atoms with Crippen LogP contribution in [0.1, 0.15) is 19.4 Å². The van der Waals surface area contributed by atoms with Crippen molar-refractivity contribution >= 4 is 35.2 Å². The van der Waals surface area contributed by atoms with Gasteiger partial charge >= 0.3 is 5.97 Å². The number of benzene rings is 2. The number of para-hydroxylation sites is 2. The van der Waals surface area contributed by atoms with Crippen LogP contribution in [0.15, 0.2) is 65.4 Å². The Balaban J connectivity index is 2.17. The van der Waals surface area contributed by atoms with Crippen LogP contribution < -0.4 is 9.64 Å². The first-order valence-electron chi connectivity index (χ1n) is 8.81. The van der Waals surface area contributed by atoms with Crippen molar-refractivity contribution in [1.82, 2.24) is 0 Å². The van der Waals surface area contributed by atoms with Crippen LogP contribution in [0.4, 0.5) is 5.69 Å². The van der Waals surface area contributed by atoms with E-state index in [2.05, 4.69) is 0 Å². The molecule has 0 aromatic heterocycles. The van der Waals surface area contributed by atoms with Gasteiger partial charge in [-0.3, -0.25) is 9.69 Å². The number of carbonyl (C=O) groups excluding carboxylic acids is 2. The fraction of sp³-hybridized carbons (Fsp3) is 0.182. The van der Waals surface area contributed by atoms with Gasteiger partial charge in [-0.1, -0.05) is 41.9 Å². The van der Waals surface area contributed by atoms with Crippen LogP contribution in [0.5, 0.6) is 5.75 Å². The zero-order valence-electron chi connectivity index (χ0n) is 15.9. The SMILES string of the molecule is CCOc1ccccc1/C=C1\C(=O)N(c2ccccc2Cl)C(C)=C1C(=O)OC. The van der Waals surface area contributed by atoms with Crippen molar-refractivity contribution in [3.05, 3.63) is 76.0 Å². The van der Waals surface area contributed by atoms with Crippen molar-refractivity contribution in [1.29, 1.82) is 0 Å². The number of amides is 1.